The van der Waals surface area contributed by atoms with Gasteiger partial charge in [0.15, 0.2) is 11.5 Å². The van der Waals surface area contributed by atoms with Crippen LogP contribution in [0.1, 0.15) is 29.0 Å². The molecular weight excluding hydrogens is 334 g/mol. The molecule has 0 radical (unpaired) electrons. The number of ether oxygens (including phenoxy) is 3. The molecule has 0 bridgehead atoms. The van der Waals surface area contributed by atoms with Crippen molar-refractivity contribution in [1.82, 2.24) is 14.9 Å². The predicted molar refractivity (Wildman–Crippen MR) is 95.9 cm³/mol. The molecule has 1 aromatic heterocycles. The van der Waals surface area contributed by atoms with Crippen molar-refractivity contribution >= 4 is 5.91 Å². The molecule has 1 fully saturated rings. The molecule has 3 rings (SSSR count). The number of hydrogen-bond donors (Lipinski definition) is 0. The normalized spacial score (nSPS) is 14.8. The van der Waals surface area contributed by atoms with Gasteiger partial charge in [-0.1, -0.05) is 0 Å². The Hall–Kier alpha value is -2.83. The Balaban J connectivity index is 1.60. The number of carbonyl (C=O) groups is 1. The standard InChI is InChI=1S/C19H23N3O4/c1-13-20-9-6-18(21-13)26-15-7-10-22(11-8-15)19(23)14-4-5-16(24-2)17(12-14)25-3/h4-6,9,12,15H,7-8,10-11H2,1-3H3. The maximum Gasteiger partial charge on any atom is 0.253 e. The number of aryl methyl sites for hydroxylation is 1. The first-order valence-corrected chi connectivity index (χ1v) is 8.58. The van der Waals surface area contributed by atoms with Gasteiger partial charge in [-0.3, -0.25) is 4.79 Å². The van der Waals surface area contributed by atoms with E-state index < -0.39 is 0 Å². The fourth-order valence-electron chi connectivity index (χ4n) is 3.00. The van der Waals surface area contributed by atoms with Crippen LogP contribution in [0, 0.1) is 6.92 Å². The van der Waals surface area contributed by atoms with Crippen molar-refractivity contribution in [1.29, 1.82) is 0 Å². The van der Waals surface area contributed by atoms with E-state index in [1.165, 1.54) is 0 Å². The molecule has 138 valence electrons. The van der Waals surface area contributed by atoms with E-state index in [2.05, 4.69) is 9.97 Å². The van der Waals surface area contributed by atoms with Crippen molar-refractivity contribution in [2.45, 2.75) is 25.9 Å². The van der Waals surface area contributed by atoms with E-state index in [4.69, 9.17) is 14.2 Å². The number of carbonyl (C=O) groups excluding carboxylic acids is 1. The van der Waals surface area contributed by atoms with Gasteiger partial charge in [-0.25, -0.2) is 4.98 Å². The summed E-state index contributed by atoms with van der Waals surface area (Å²) < 4.78 is 16.4. The number of likely N-dealkylation sites (tertiary alicyclic amines) is 1. The van der Waals surface area contributed by atoms with Gasteiger partial charge in [0.05, 0.1) is 14.2 Å². The minimum atomic E-state index is -0.0118. The number of piperidine rings is 1. The quantitative estimate of drug-likeness (QED) is 0.818. The molecule has 0 saturated carbocycles. The van der Waals surface area contributed by atoms with Crippen LogP contribution < -0.4 is 14.2 Å². The van der Waals surface area contributed by atoms with Crippen molar-refractivity contribution < 1.29 is 19.0 Å². The van der Waals surface area contributed by atoms with Crippen molar-refractivity contribution in [3.8, 4) is 17.4 Å². The lowest BCUT2D eigenvalue weighted by Gasteiger charge is -2.32. The fraction of sp³-hybridized carbons (Fsp3) is 0.421. The second-order valence-electron chi connectivity index (χ2n) is 6.12. The van der Waals surface area contributed by atoms with E-state index in [1.54, 1.807) is 44.7 Å². The minimum Gasteiger partial charge on any atom is -0.493 e. The summed E-state index contributed by atoms with van der Waals surface area (Å²) in [6, 6.07) is 6.98. The Labute approximate surface area is 152 Å². The van der Waals surface area contributed by atoms with Crippen LogP contribution in [0.15, 0.2) is 30.5 Å². The molecule has 1 aromatic carbocycles. The van der Waals surface area contributed by atoms with Gasteiger partial charge in [0.1, 0.15) is 11.9 Å². The second kappa shape index (κ2) is 8.03. The first kappa shape index (κ1) is 18.0. The summed E-state index contributed by atoms with van der Waals surface area (Å²) in [5, 5.41) is 0. The topological polar surface area (TPSA) is 73.8 Å². The summed E-state index contributed by atoms with van der Waals surface area (Å²) in [5.41, 5.74) is 0.591. The molecule has 1 aliphatic rings. The van der Waals surface area contributed by atoms with Gasteiger partial charge in [-0.15, -0.1) is 0 Å². The molecule has 1 saturated heterocycles. The highest BCUT2D eigenvalue weighted by Crippen LogP contribution is 2.28. The van der Waals surface area contributed by atoms with Crippen LogP contribution >= 0.6 is 0 Å². The van der Waals surface area contributed by atoms with Crippen molar-refractivity contribution in [2.24, 2.45) is 0 Å². The van der Waals surface area contributed by atoms with Crippen molar-refractivity contribution in [3.05, 3.63) is 41.9 Å². The molecule has 0 unspecified atom stereocenters. The second-order valence-corrected chi connectivity index (χ2v) is 6.12. The van der Waals surface area contributed by atoms with Crippen LogP contribution in [0.2, 0.25) is 0 Å². The van der Waals surface area contributed by atoms with Crippen LogP contribution in [0.3, 0.4) is 0 Å². The number of aromatic nitrogens is 2. The Morgan fingerprint density at radius 1 is 1.12 bits per heavy atom. The smallest absolute Gasteiger partial charge is 0.253 e. The molecule has 2 heterocycles. The molecular formula is C19H23N3O4. The van der Waals surface area contributed by atoms with Gasteiger partial charge in [-0.05, 0) is 25.1 Å². The Morgan fingerprint density at radius 3 is 2.50 bits per heavy atom. The highest BCUT2D eigenvalue weighted by Gasteiger charge is 2.25. The average molecular weight is 357 g/mol. The van der Waals surface area contributed by atoms with Crippen LogP contribution in [0.4, 0.5) is 0 Å². The Bertz CT molecular complexity index is 773. The third-order valence-electron chi connectivity index (χ3n) is 4.40. The zero-order valence-electron chi connectivity index (χ0n) is 15.3. The summed E-state index contributed by atoms with van der Waals surface area (Å²) in [6.45, 7) is 3.11. The van der Waals surface area contributed by atoms with Gasteiger partial charge >= 0.3 is 0 Å². The van der Waals surface area contributed by atoms with Gasteiger partial charge < -0.3 is 19.1 Å². The number of benzene rings is 1. The molecule has 0 spiro atoms. The predicted octanol–water partition coefficient (Wildman–Crippen LogP) is 2.49. The fourth-order valence-corrected chi connectivity index (χ4v) is 3.00. The summed E-state index contributed by atoms with van der Waals surface area (Å²) in [6.07, 6.45) is 3.27. The van der Waals surface area contributed by atoms with Crippen molar-refractivity contribution in [2.75, 3.05) is 27.3 Å². The van der Waals surface area contributed by atoms with Gasteiger partial charge in [0.25, 0.3) is 5.91 Å². The van der Waals surface area contributed by atoms with E-state index in [0.29, 0.717) is 41.9 Å². The third kappa shape index (κ3) is 4.04. The molecule has 0 N–H and O–H groups in total. The maximum atomic E-state index is 12.7. The van der Waals surface area contributed by atoms with Gasteiger partial charge in [0, 0.05) is 43.8 Å². The van der Waals surface area contributed by atoms with E-state index in [1.807, 2.05) is 11.8 Å². The van der Waals surface area contributed by atoms with Crippen LogP contribution in [-0.2, 0) is 0 Å². The molecule has 26 heavy (non-hydrogen) atoms. The highest BCUT2D eigenvalue weighted by molar-refractivity contribution is 5.95. The first-order valence-electron chi connectivity index (χ1n) is 8.58. The number of amides is 1. The third-order valence-corrected chi connectivity index (χ3v) is 4.40. The van der Waals surface area contributed by atoms with E-state index >= 15 is 0 Å². The maximum absolute atomic E-state index is 12.7. The summed E-state index contributed by atoms with van der Waals surface area (Å²) in [4.78, 5) is 22.9. The molecule has 0 atom stereocenters. The Morgan fingerprint density at radius 2 is 1.85 bits per heavy atom. The number of rotatable bonds is 5. The molecule has 1 amide bonds. The van der Waals surface area contributed by atoms with E-state index in [9.17, 15) is 4.79 Å². The SMILES string of the molecule is COc1ccc(C(=O)N2CCC(Oc3ccnc(C)n3)CC2)cc1OC. The molecule has 1 aliphatic heterocycles. The van der Waals surface area contributed by atoms with E-state index in [-0.39, 0.29) is 12.0 Å². The van der Waals surface area contributed by atoms with Crippen LogP contribution in [0.25, 0.3) is 0 Å². The van der Waals surface area contributed by atoms with Gasteiger partial charge in [0.2, 0.25) is 5.88 Å². The zero-order valence-corrected chi connectivity index (χ0v) is 15.3. The number of methoxy groups -OCH3 is 2. The lowest BCUT2D eigenvalue weighted by molar-refractivity contribution is 0.0587. The van der Waals surface area contributed by atoms with E-state index in [0.717, 1.165) is 12.8 Å². The largest absolute Gasteiger partial charge is 0.493 e. The Kier molecular flexibility index (Phi) is 5.55. The molecule has 7 nitrogen and oxygen atoms in total. The summed E-state index contributed by atoms with van der Waals surface area (Å²) in [7, 11) is 3.13. The van der Waals surface area contributed by atoms with Crippen molar-refractivity contribution in [3.63, 3.8) is 0 Å². The lowest BCUT2D eigenvalue weighted by Crippen LogP contribution is -2.41. The highest BCUT2D eigenvalue weighted by atomic mass is 16.5. The van der Waals surface area contributed by atoms with Crippen LogP contribution in [-0.4, -0.2) is 54.2 Å². The first-order chi connectivity index (χ1) is 12.6. The number of nitrogens with zero attached hydrogens (tertiary/aromatic N) is 3. The minimum absolute atomic E-state index is 0.0118. The monoisotopic (exact) mass is 357 g/mol. The molecule has 0 aliphatic carbocycles. The number of hydrogen-bond acceptors (Lipinski definition) is 6. The molecule has 2 aromatic rings. The summed E-state index contributed by atoms with van der Waals surface area (Å²) in [5.74, 6) is 2.42. The van der Waals surface area contributed by atoms with Gasteiger partial charge in [-0.2, -0.15) is 4.98 Å². The molecule has 7 heteroatoms. The van der Waals surface area contributed by atoms with Crippen LogP contribution in [0.5, 0.6) is 17.4 Å². The zero-order chi connectivity index (χ0) is 18.5. The lowest BCUT2D eigenvalue weighted by atomic mass is 10.1. The average Bonchev–Trinajstić information content (AvgIpc) is 2.67. The summed E-state index contributed by atoms with van der Waals surface area (Å²) >= 11 is 0.